The van der Waals surface area contributed by atoms with E-state index in [9.17, 15) is 19.3 Å². The molecule has 0 bridgehead atoms. The second-order valence-electron chi connectivity index (χ2n) is 7.26. The number of anilines is 1. The molecule has 1 aliphatic rings. The third-order valence-corrected chi connectivity index (χ3v) is 5.18. The van der Waals surface area contributed by atoms with E-state index in [0.29, 0.717) is 30.8 Å². The zero-order valence-corrected chi connectivity index (χ0v) is 16.4. The number of rotatable bonds is 7. The van der Waals surface area contributed by atoms with E-state index in [1.807, 2.05) is 12.1 Å². The first-order chi connectivity index (χ1) is 13.9. The molecule has 3 rings (SSSR count). The van der Waals surface area contributed by atoms with Gasteiger partial charge < -0.3 is 10.2 Å². The van der Waals surface area contributed by atoms with E-state index >= 15 is 0 Å². The van der Waals surface area contributed by atoms with E-state index in [1.54, 1.807) is 19.1 Å². The lowest BCUT2D eigenvalue weighted by Gasteiger charge is -2.34. The number of aryl methyl sites for hydroxylation is 1. The quantitative estimate of drug-likeness (QED) is 0.570. The van der Waals surface area contributed by atoms with Crippen molar-refractivity contribution in [3.05, 3.63) is 69.5 Å². The van der Waals surface area contributed by atoms with Crippen molar-refractivity contribution in [1.82, 2.24) is 9.80 Å². The summed E-state index contributed by atoms with van der Waals surface area (Å²) in [5, 5.41) is 13.7. The van der Waals surface area contributed by atoms with Gasteiger partial charge in [-0.3, -0.25) is 19.8 Å². The minimum atomic E-state index is -0.476. The number of carbonyl (C=O) groups excluding carboxylic acids is 1. The lowest BCUT2D eigenvalue weighted by molar-refractivity contribution is -0.384. The standard InChI is InChI=1S/C21H25FN4O3/c1-16-6-7-18(26(28)29)14-20(16)23-21(27)8-9-24-10-12-25(13-11-24)15-17-4-2-3-5-19(17)22/h2-7,14H,8-13,15H2,1H3,(H,23,27). The number of benzene rings is 2. The van der Waals surface area contributed by atoms with Crippen LogP contribution in [0.15, 0.2) is 42.5 Å². The zero-order chi connectivity index (χ0) is 20.8. The fourth-order valence-corrected chi connectivity index (χ4v) is 3.37. The smallest absolute Gasteiger partial charge is 0.271 e. The van der Waals surface area contributed by atoms with Crippen LogP contribution in [0.1, 0.15) is 17.5 Å². The first-order valence-corrected chi connectivity index (χ1v) is 9.65. The number of hydrogen-bond donors (Lipinski definition) is 1. The molecule has 1 aliphatic heterocycles. The van der Waals surface area contributed by atoms with Gasteiger partial charge in [0.15, 0.2) is 0 Å². The third-order valence-electron chi connectivity index (χ3n) is 5.18. The molecule has 0 spiro atoms. The van der Waals surface area contributed by atoms with Crippen molar-refractivity contribution < 1.29 is 14.1 Å². The van der Waals surface area contributed by atoms with Crippen molar-refractivity contribution in [2.75, 3.05) is 38.0 Å². The molecule has 1 heterocycles. The van der Waals surface area contributed by atoms with Crippen LogP contribution < -0.4 is 5.32 Å². The summed E-state index contributed by atoms with van der Waals surface area (Å²) in [6, 6.07) is 11.3. The highest BCUT2D eigenvalue weighted by Gasteiger charge is 2.19. The molecule has 2 aromatic rings. The first kappa shape index (κ1) is 20.9. The third kappa shape index (κ3) is 5.82. The van der Waals surface area contributed by atoms with Crippen LogP contribution >= 0.6 is 0 Å². The van der Waals surface area contributed by atoms with Gasteiger partial charge in [-0.1, -0.05) is 24.3 Å². The van der Waals surface area contributed by atoms with Crippen molar-refractivity contribution in [2.45, 2.75) is 19.9 Å². The fourth-order valence-electron chi connectivity index (χ4n) is 3.37. The maximum atomic E-state index is 13.8. The number of amides is 1. The Balaban J connectivity index is 1.43. The van der Waals surface area contributed by atoms with Crippen LogP contribution in [0.3, 0.4) is 0 Å². The minimum absolute atomic E-state index is 0.0446. The first-order valence-electron chi connectivity index (χ1n) is 9.65. The lowest BCUT2D eigenvalue weighted by Crippen LogP contribution is -2.46. The van der Waals surface area contributed by atoms with Gasteiger partial charge in [0.05, 0.1) is 10.6 Å². The minimum Gasteiger partial charge on any atom is -0.326 e. The Bertz CT molecular complexity index is 882. The summed E-state index contributed by atoms with van der Waals surface area (Å²) in [7, 11) is 0. The van der Waals surface area contributed by atoms with Gasteiger partial charge in [-0.05, 0) is 18.6 Å². The van der Waals surface area contributed by atoms with E-state index in [-0.39, 0.29) is 17.4 Å². The van der Waals surface area contributed by atoms with E-state index in [0.717, 1.165) is 31.7 Å². The molecule has 0 saturated carbocycles. The molecule has 0 atom stereocenters. The number of piperazine rings is 1. The Morgan fingerprint density at radius 2 is 1.83 bits per heavy atom. The van der Waals surface area contributed by atoms with Crippen LogP contribution in [-0.2, 0) is 11.3 Å². The monoisotopic (exact) mass is 400 g/mol. The summed E-state index contributed by atoms with van der Waals surface area (Å²) in [5.41, 5.74) is 1.91. The number of non-ortho nitro benzene ring substituents is 1. The van der Waals surface area contributed by atoms with Crippen LogP contribution in [0.4, 0.5) is 15.8 Å². The zero-order valence-electron chi connectivity index (χ0n) is 16.4. The molecule has 1 amide bonds. The number of halogens is 1. The average molecular weight is 400 g/mol. The van der Waals surface area contributed by atoms with Gasteiger partial charge in [0.25, 0.3) is 5.69 Å². The maximum absolute atomic E-state index is 13.8. The Kier molecular flexibility index (Phi) is 6.90. The van der Waals surface area contributed by atoms with Gasteiger partial charge in [-0.2, -0.15) is 0 Å². The van der Waals surface area contributed by atoms with Gasteiger partial charge >= 0.3 is 0 Å². The summed E-state index contributed by atoms with van der Waals surface area (Å²) in [6.45, 7) is 6.28. The number of nitro benzene ring substituents is 1. The predicted molar refractivity (Wildman–Crippen MR) is 109 cm³/mol. The van der Waals surface area contributed by atoms with Gasteiger partial charge in [0, 0.05) is 63.4 Å². The summed E-state index contributed by atoms with van der Waals surface area (Å²) in [6.07, 6.45) is 0.315. The van der Waals surface area contributed by atoms with Gasteiger partial charge in [0.2, 0.25) is 5.91 Å². The second kappa shape index (κ2) is 9.58. The Labute approximate surface area is 169 Å². The normalized spacial score (nSPS) is 15.2. The predicted octanol–water partition coefficient (Wildman–Crippen LogP) is 3.19. The van der Waals surface area contributed by atoms with Crippen molar-refractivity contribution in [3.8, 4) is 0 Å². The van der Waals surface area contributed by atoms with Crippen molar-refractivity contribution in [1.29, 1.82) is 0 Å². The lowest BCUT2D eigenvalue weighted by atomic mass is 10.1. The molecule has 0 aliphatic carbocycles. The van der Waals surface area contributed by atoms with Gasteiger partial charge in [0.1, 0.15) is 5.82 Å². The SMILES string of the molecule is Cc1ccc([N+](=O)[O-])cc1NC(=O)CCN1CCN(Cc2ccccc2F)CC1. The number of carbonyl (C=O) groups is 1. The Morgan fingerprint density at radius 3 is 2.52 bits per heavy atom. The Hall–Kier alpha value is -2.84. The molecule has 0 aromatic heterocycles. The molecule has 1 saturated heterocycles. The largest absolute Gasteiger partial charge is 0.326 e. The van der Waals surface area contributed by atoms with Crippen molar-refractivity contribution >= 4 is 17.3 Å². The fraction of sp³-hybridized carbons (Fsp3) is 0.381. The summed E-state index contributed by atoms with van der Waals surface area (Å²) in [4.78, 5) is 27.1. The van der Waals surface area contributed by atoms with E-state index in [4.69, 9.17) is 0 Å². The molecule has 154 valence electrons. The van der Waals surface area contributed by atoms with Crippen LogP contribution in [0.5, 0.6) is 0 Å². The van der Waals surface area contributed by atoms with Crippen LogP contribution in [0.25, 0.3) is 0 Å². The molecule has 7 nitrogen and oxygen atoms in total. The maximum Gasteiger partial charge on any atom is 0.271 e. The van der Waals surface area contributed by atoms with Crippen molar-refractivity contribution in [2.24, 2.45) is 0 Å². The molecule has 8 heteroatoms. The summed E-state index contributed by atoms with van der Waals surface area (Å²) >= 11 is 0. The number of nitrogens with zero attached hydrogens (tertiary/aromatic N) is 3. The molecular weight excluding hydrogens is 375 g/mol. The molecule has 2 aromatic carbocycles. The molecule has 0 radical (unpaired) electrons. The molecule has 1 N–H and O–H groups in total. The summed E-state index contributed by atoms with van der Waals surface area (Å²) in [5.74, 6) is -0.342. The van der Waals surface area contributed by atoms with Crippen LogP contribution in [0.2, 0.25) is 0 Å². The van der Waals surface area contributed by atoms with E-state index in [2.05, 4.69) is 15.1 Å². The Morgan fingerprint density at radius 1 is 1.14 bits per heavy atom. The van der Waals surface area contributed by atoms with Gasteiger partial charge in [-0.15, -0.1) is 0 Å². The molecule has 1 fully saturated rings. The highest BCUT2D eigenvalue weighted by molar-refractivity contribution is 5.92. The van der Waals surface area contributed by atoms with Gasteiger partial charge in [-0.25, -0.2) is 4.39 Å². The number of hydrogen-bond acceptors (Lipinski definition) is 5. The highest BCUT2D eigenvalue weighted by atomic mass is 19.1. The van der Waals surface area contributed by atoms with Crippen LogP contribution in [0, 0.1) is 22.9 Å². The van der Waals surface area contributed by atoms with Crippen molar-refractivity contribution in [3.63, 3.8) is 0 Å². The number of nitro groups is 1. The molecular formula is C21H25FN4O3. The topological polar surface area (TPSA) is 78.7 Å². The highest BCUT2D eigenvalue weighted by Crippen LogP contribution is 2.22. The van der Waals surface area contributed by atoms with Crippen LogP contribution in [-0.4, -0.2) is 53.4 Å². The number of nitrogens with one attached hydrogen (secondary N) is 1. The molecule has 0 unspecified atom stereocenters. The average Bonchev–Trinajstić information content (AvgIpc) is 2.70. The summed E-state index contributed by atoms with van der Waals surface area (Å²) < 4.78 is 13.8. The van der Waals surface area contributed by atoms with E-state index in [1.165, 1.54) is 18.2 Å². The molecule has 29 heavy (non-hydrogen) atoms. The van der Waals surface area contributed by atoms with E-state index < -0.39 is 4.92 Å². The second-order valence-corrected chi connectivity index (χ2v) is 7.26.